The molecule has 1 saturated heterocycles. The number of hydrogen-bond acceptors (Lipinski definition) is 2. The van der Waals surface area contributed by atoms with E-state index in [2.05, 4.69) is 17.0 Å². The van der Waals surface area contributed by atoms with Gasteiger partial charge in [-0.1, -0.05) is 36.8 Å². The number of carbonyl (C=O) groups is 1. The molecule has 2 fully saturated rings. The van der Waals surface area contributed by atoms with Gasteiger partial charge in [0.1, 0.15) is 0 Å². The van der Waals surface area contributed by atoms with E-state index in [0.717, 1.165) is 45.1 Å². The zero-order valence-electron chi connectivity index (χ0n) is 12.6. The first-order valence-corrected chi connectivity index (χ1v) is 8.27. The summed E-state index contributed by atoms with van der Waals surface area (Å²) in [5.41, 5.74) is 1.22. The Morgan fingerprint density at radius 2 is 1.95 bits per heavy atom. The summed E-state index contributed by atoms with van der Waals surface area (Å²) in [6.45, 7) is 0.876. The molecule has 3 nitrogen and oxygen atoms in total. The van der Waals surface area contributed by atoms with E-state index in [-0.39, 0.29) is 18.1 Å². The fourth-order valence-electron chi connectivity index (χ4n) is 4.00. The van der Waals surface area contributed by atoms with Crippen molar-refractivity contribution in [3.05, 3.63) is 35.9 Å². The minimum Gasteiger partial charge on any atom is -0.393 e. The second-order valence-electron chi connectivity index (χ2n) is 6.44. The first kappa shape index (κ1) is 14.6. The van der Waals surface area contributed by atoms with Gasteiger partial charge in [-0.15, -0.1) is 0 Å². The van der Waals surface area contributed by atoms with Gasteiger partial charge in [-0.25, -0.2) is 0 Å². The highest BCUT2D eigenvalue weighted by atomic mass is 16.3. The molecule has 1 aromatic carbocycles. The molecule has 21 heavy (non-hydrogen) atoms. The number of likely N-dealkylation sites (tertiary alicyclic amines) is 1. The van der Waals surface area contributed by atoms with Crippen LogP contribution in [0.1, 0.15) is 44.1 Å². The molecule has 1 heterocycles. The van der Waals surface area contributed by atoms with E-state index < -0.39 is 0 Å². The van der Waals surface area contributed by atoms with Gasteiger partial charge in [0.2, 0.25) is 5.91 Å². The summed E-state index contributed by atoms with van der Waals surface area (Å²) in [6.07, 6.45) is 6.46. The van der Waals surface area contributed by atoms with Crippen LogP contribution in [-0.2, 0) is 11.2 Å². The Kier molecular flexibility index (Phi) is 4.59. The van der Waals surface area contributed by atoms with Gasteiger partial charge in [0.05, 0.1) is 6.10 Å². The van der Waals surface area contributed by atoms with Crippen LogP contribution >= 0.6 is 0 Å². The second kappa shape index (κ2) is 6.61. The summed E-state index contributed by atoms with van der Waals surface area (Å²) in [6, 6.07) is 10.5. The molecule has 2 aliphatic rings. The summed E-state index contributed by atoms with van der Waals surface area (Å²) in [7, 11) is 0. The van der Waals surface area contributed by atoms with Crippen LogP contribution in [0, 0.1) is 5.92 Å². The van der Waals surface area contributed by atoms with Crippen LogP contribution in [0.2, 0.25) is 0 Å². The summed E-state index contributed by atoms with van der Waals surface area (Å²) >= 11 is 0. The quantitative estimate of drug-likeness (QED) is 0.925. The minimum absolute atomic E-state index is 0.197. The lowest BCUT2D eigenvalue weighted by molar-refractivity contribution is -0.133. The number of aryl methyl sites for hydroxylation is 1. The zero-order valence-corrected chi connectivity index (χ0v) is 12.6. The van der Waals surface area contributed by atoms with E-state index in [1.54, 1.807) is 0 Å². The molecule has 0 spiro atoms. The van der Waals surface area contributed by atoms with Crippen LogP contribution in [0.15, 0.2) is 30.3 Å². The predicted octanol–water partition coefficient (Wildman–Crippen LogP) is 2.77. The maximum atomic E-state index is 12.5. The summed E-state index contributed by atoms with van der Waals surface area (Å²) in [5, 5.41) is 10.1. The second-order valence-corrected chi connectivity index (χ2v) is 6.44. The van der Waals surface area contributed by atoms with Crippen molar-refractivity contribution < 1.29 is 9.90 Å². The van der Waals surface area contributed by atoms with Gasteiger partial charge in [0, 0.05) is 24.9 Å². The SMILES string of the molecule is O=C(CCc1ccccc1)N1CCCC1C1CCCC1O. The van der Waals surface area contributed by atoms with Crippen LogP contribution in [0.5, 0.6) is 0 Å². The van der Waals surface area contributed by atoms with E-state index in [1.165, 1.54) is 5.56 Å². The highest BCUT2D eigenvalue weighted by Gasteiger charge is 2.39. The monoisotopic (exact) mass is 287 g/mol. The molecule has 0 radical (unpaired) electrons. The van der Waals surface area contributed by atoms with Gasteiger partial charge in [0.15, 0.2) is 0 Å². The van der Waals surface area contributed by atoms with Gasteiger partial charge in [-0.2, -0.15) is 0 Å². The third-order valence-electron chi connectivity index (χ3n) is 5.12. The highest BCUT2D eigenvalue weighted by Crippen LogP contribution is 2.36. The van der Waals surface area contributed by atoms with Crippen LogP contribution < -0.4 is 0 Å². The summed E-state index contributed by atoms with van der Waals surface area (Å²) < 4.78 is 0. The molecule has 0 bridgehead atoms. The van der Waals surface area contributed by atoms with Gasteiger partial charge in [-0.05, 0) is 37.7 Å². The molecule has 1 aliphatic heterocycles. The average Bonchev–Trinajstić information content (AvgIpc) is 3.14. The molecule has 1 N–H and O–H groups in total. The molecule has 0 aromatic heterocycles. The Bertz CT molecular complexity index is 473. The maximum absolute atomic E-state index is 12.5. The number of aliphatic hydroxyl groups is 1. The topological polar surface area (TPSA) is 40.5 Å². The molecule has 1 saturated carbocycles. The molecule has 1 amide bonds. The maximum Gasteiger partial charge on any atom is 0.223 e. The van der Waals surface area contributed by atoms with Crippen LogP contribution in [0.3, 0.4) is 0 Å². The van der Waals surface area contributed by atoms with E-state index in [4.69, 9.17) is 0 Å². The molecule has 3 rings (SSSR count). The van der Waals surface area contributed by atoms with Crippen molar-refractivity contribution in [1.82, 2.24) is 4.90 Å². The van der Waals surface area contributed by atoms with Gasteiger partial charge in [-0.3, -0.25) is 4.79 Å². The Labute approximate surface area is 127 Å². The van der Waals surface area contributed by atoms with Crippen LogP contribution in [0.25, 0.3) is 0 Å². The molecular formula is C18H25NO2. The van der Waals surface area contributed by atoms with E-state index >= 15 is 0 Å². The lowest BCUT2D eigenvalue weighted by Gasteiger charge is -2.31. The van der Waals surface area contributed by atoms with Crippen molar-refractivity contribution in [3.63, 3.8) is 0 Å². The Morgan fingerprint density at radius 3 is 2.67 bits per heavy atom. The first-order valence-electron chi connectivity index (χ1n) is 8.27. The molecular weight excluding hydrogens is 262 g/mol. The number of rotatable bonds is 4. The van der Waals surface area contributed by atoms with Crippen molar-refractivity contribution in [2.75, 3.05) is 6.54 Å². The number of amides is 1. The van der Waals surface area contributed by atoms with Crippen LogP contribution in [0.4, 0.5) is 0 Å². The fraction of sp³-hybridized carbons (Fsp3) is 0.611. The number of carbonyl (C=O) groups excluding carboxylic acids is 1. The lowest BCUT2D eigenvalue weighted by atomic mass is 9.94. The van der Waals surface area contributed by atoms with Crippen molar-refractivity contribution in [2.24, 2.45) is 5.92 Å². The largest absolute Gasteiger partial charge is 0.393 e. The van der Waals surface area contributed by atoms with Crippen molar-refractivity contribution in [3.8, 4) is 0 Å². The average molecular weight is 287 g/mol. The molecule has 3 atom stereocenters. The van der Waals surface area contributed by atoms with Gasteiger partial charge < -0.3 is 10.0 Å². The first-order chi connectivity index (χ1) is 10.3. The Balaban J connectivity index is 1.58. The summed E-state index contributed by atoms with van der Waals surface area (Å²) in [5.74, 6) is 0.577. The molecule has 1 aromatic rings. The Morgan fingerprint density at radius 1 is 1.14 bits per heavy atom. The van der Waals surface area contributed by atoms with E-state index in [0.29, 0.717) is 12.3 Å². The number of hydrogen-bond donors (Lipinski definition) is 1. The van der Waals surface area contributed by atoms with E-state index in [1.807, 2.05) is 18.2 Å². The Hall–Kier alpha value is -1.35. The number of aliphatic hydroxyl groups excluding tert-OH is 1. The number of benzene rings is 1. The van der Waals surface area contributed by atoms with Crippen LogP contribution in [-0.4, -0.2) is 34.6 Å². The zero-order chi connectivity index (χ0) is 14.7. The normalized spacial score (nSPS) is 29.0. The minimum atomic E-state index is -0.197. The molecule has 114 valence electrons. The highest BCUT2D eigenvalue weighted by molar-refractivity contribution is 5.77. The summed E-state index contributed by atoms with van der Waals surface area (Å²) in [4.78, 5) is 14.6. The third-order valence-corrected chi connectivity index (χ3v) is 5.12. The smallest absolute Gasteiger partial charge is 0.223 e. The predicted molar refractivity (Wildman–Crippen MR) is 82.8 cm³/mol. The van der Waals surface area contributed by atoms with E-state index in [9.17, 15) is 9.90 Å². The van der Waals surface area contributed by atoms with Crippen molar-refractivity contribution in [2.45, 2.75) is 57.1 Å². The standard InChI is InChI=1S/C18H25NO2/c20-17-10-4-8-15(17)16-9-5-13-19(16)18(21)12-11-14-6-2-1-3-7-14/h1-3,6-7,15-17,20H,4-5,8-13H2. The molecule has 1 aliphatic carbocycles. The van der Waals surface area contributed by atoms with Gasteiger partial charge >= 0.3 is 0 Å². The lowest BCUT2D eigenvalue weighted by Crippen LogP contribution is -2.42. The fourth-order valence-corrected chi connectivity index (χ4v) is 4.00. The number of nitrogens with zero attached hydrogens (tertiary/aromatic N) is 1. The molecule has 3 heteroatoms. The molecule has 3 unspecified atom stereocenters. The van der Waals surface area contributed by atoms with Crippen molar-refractivity contribution in [1.29, 1.82) is 0 Å². The third kappa shape index (κ3) is 3.29. The van der Waals surface area contributed by atoms with Gasteiger partial charge in [0.25, 0.3) is 0 Å². The van der Waals surface area contributed by atoms with Crippen molar-refractivity contribution >= 4 is 5.91 Å².